The van der Waals surface area contributed by atoms with E-state index in [1.165, 1.54) is 18.2 Å². The Bertz CT molecular complexity index is 1640. The van der Waals surface area contributed by atoms with E-state index in [2.05, 4.69) is 0 Å². The van der Waals surface area contributed by atoms with Crippen molar-refractivity contribution in [3.05, 3.63) is 76.8 Å². The number of benzene rings is 3. The van der Waals surface area contributed by atoms with E-state index in [0.29, 0.717) is 31.4 Å². The first-order chi connectivity index (χ1) is 19.1. The highest BCUT2D eigenvalue weighted by Crippen LogP contribution is 2.49. The number of hydrogen-bond acceptors (Lipinski definition) is 4. The van der Waals surface area contributed by atoms with E-state index in [9.17, 15) is 40.3 Å². The molecule has 0 amide bonds. The molecular weight excluding hydrogens is 593 g/mol. The van der Waals surface area contributed by atoms with Gasteiger partial charge in [0.25, 0.3) is 10.0 Å². The lowest BCUT2D eigenvalue weighted by molar-refractivity contribution is -0.157. The monoisotopic (exact) mass is 615 g/mol. The van der Waals surface area contributed by atoms with Crippen molar-refractivity contribution >= 4 is 33.3 Å². The molecule has 0 radical (unpaired) electrons. The number of sulfonamides is 1. The van der Waals surface area contributed by atoms with E-state index < -0.39 is 60.8 Å². The lowest BCUT2D eigenvalue weighted by atomic mass is 9.61. The molecule has 218 valence electrons. The summed E-state index contributed by atoms with van der Waals surface area (Å²) in [6, 6.07) is 9.01. The third-order valence-corrected chi connectivity index (χ3v) is 9.69. The van der Waals surface area contributed by atoms with E-state index in [4.69, 9.17) is 16.3 Å². The zero-order valence-electron chi connectivity index (χ0n) is 21.4. The van der Waals surface area contributed by atoms with E-state index >= 15 is 0 Å². The Morgan fingerprint density at radius 2 is 1.83 bits per heavy atom. The molecule has 13 heteroatoms. The van der Waals surface area contributed by atoms with Gasteiger partial charge in [0.2, 0.25) is 0 Å². The first-order valence-corrected chi connectivity index (χ1v) is 14.3. The highest BCUT2D eigenvalue weighted by Gasteiger charge is 2.48. The van der Waals surface area contributed by atoms with Gasteiger partial charge in [0.1, 0.15) is 23.5 Å². The molecule has 1 saturated carbocycles. The van der Waals surface area contributed by atoms with Gasteiger partial charge in [0.15, 0.2) is 0 Å². The minimum absolute atomic E-state index is 0.0547. The summed E-state index contributed by atoms with van der Waals surface area (Å²) < 4.78 is 103. The molecule has 1 N–H and O–H groups in total. The van der Waals surface area contributed by atoms with Crippen molar-refractivity contribution in [2.45, 2.75) is 43.4 Å². The predicted molar refractivity (Wildman–Crippen MR) is 140 cm³/mol. The van der Waals surface area contributed by atoms with Crippen LogP contribution in [0, 0.1) is 23.0 Å². The highest BCUT2D eigenvalue weighted by molar-refractivity contribution is 7.92. The molecular formula is C28H23ClF5NO5S. The summed E-state index contributed by atoms with van der Waals surface area (Å²) in [5.41, 5.74) is -2.01. The summed E-state index contributed by atoms with van der Waals surface area (Å²) in [6.07, 6.45) is -4.51. The maximum absolute atomic E-state index is 14.2. The van der Waals surface area contributed by atoms with Crippen molar-refractivity contribution in [2.75, 3.05) is 10.8 Å². The number of rotatable bonds is 6. The van der Waals surface area contributed by atoms with Crippen molar-refractivity contribution in [3.8, 4) is 16.9 Å². The molecule has 0 unspecified atom stereocenters. The molecule has 1 fully saturated rings. The number of anilines is 1. The molecule has 0 saturated heterocycles. The number of aliphatic carboxylic acids is 1. The molecule has 0 spiro atoms. The van der Waals surface area contributed by atoms with Crippen LogP contribution in [0.15, 0.2) is 59.5 Å². The predicted octanol–water partition coefficient (Wildman–Crippen LogP) is 7.15. The molecule has 1 heterocycles. The molecule has 3 aromatic carbocycles. The number of carboxylic acids is 1. The first kappa shape index (κ1) is 29.1. The molecule has 3 aromatic rings. The van der Waals surface area contributed by atoms with Crippen LogP contribution >= 0.6 is 11.6 Å². The van der Waals surface area contributed by atoms with Gasteiger partial charge in [0.05, 0.1) is 33.1 Å². The van der Waals surface area contributed by atoms with Crippen molar-refractivity contribution < 1.29 is 45.0 Å². The van der Waals surface area contributed by atoms with E-state index in [1.54, 1.807) is 6.92 Å². The maximum Gasteiger partial charge on any atom is 0.416 e. The molecule has 1 aliphatic heterocycles. The number of halogens is 6. The number of fused-ring (bicyclic) bond motifs is 1. The zero-order valence-corrected chi connectivity index (χ0v) is 23.0. The smallest absolute Gasteiger partial charge is 0.416 e. The molecule has 1 atom stereocenters. The summed E-state index contributed by atoms with van der Waals surface area (Å²) in [5.74, 6) is -2.88. The van der Waals surface area contributed by atoms with Gasteiger partial charge in [-0.1, -0.05) is 23.7 Å². The van der Waals surface area contributed by atoms with Gasteiger partial charge in [-0.2, -0.15) is 13.2 Å². The fraction of sp³-hybridized carbons (Fsp3) is 0.321. The summed E-state index contributed by atoms with van der Waals surface area (Å²) in [5, 5.41) is 9.02. The Labute approximate surface area is 237 Å². The third-order valence-electron chi connectivity index (χ3n) is 7.54. The summed E-state index contributed by atoms with van der Waals surface area (Å²) in [4.78, 5) is 10.9. The van der Waals surface area contributed by atoms with Gasteiger partial charge in [-0.25, -0.2) is 17.2 Å². The molecule has 0 aromatic heterocycles. The quantitative estimate of drug-likeness (QED) is 0.235. The Morgan fingerprint density at radius 1 is 1.12 bits per heavy atom. The van der Waals surface area contributed by atoms with Gasteiger partial charge in [-0.3, -0.25) is 9.10 Å². The zero-order chi connectivity index (χ0) is 29.9. The van der Waals surface area contributed by atoms with Gasteiger partial charge in [0, 0.05) is 11.6 Å². The van der Waals surface area contributed by atoms with Crippen molar-refractivity contribution in [3.63, 3.8) is 0 Å². The number of alkyl halides is 3. The molecule has 0 bridgehead atoms. The van der Waals surface area contributed by atoms with Crippen LogP contribution < -0.4 is 9.04 Å². The van der Waals surface area contributed by atoms with Crippen LogP contribution in [0.4, 0.5) is 27.6 Å². The molecule has 6 nitrogen and oxygen atoms in total. The highest BCUT2D eigenvalue weighted by atomic mass is 35.5. The normalized spacial score (nSPS) is 22.5. The second kappa shape index (κ2) is 10.2. The molecule has 41 heavy (non-hydrogen) atoms. The lowest BCUT2D eigenvalue weighted by Gasteiger charge is -2.44. The number of carbonyl (C=O) groups is 1. The summed E-state index contributed by atoms with van der Waals surface area (Å²) >= 11 is 6.06. The van der Waals surface area contributed by atoms with Crippen LogP contribution in [0.5, 0.6) is 5.75 Å². The third kappa shape index (κ3) is 5.46. The number of ether oxygens (including phenoxy) is 1. The van der Waals surface area contributed by atoms with Gasteiger partial charge in [-0.05, 0) is 74.1 Å². The SMILES string of the molecule is CC1(C(=O)O)CC(C[C@H]2CN(S(=O)(=O)c3cccc(C(F)(F)F)c3)c3cc(-c4cc(F)cc(F)c4Cl)ccc3O2)C1. The Morgan fingerprint density at radius 3 is 2.49 bits per heavy atom. The van der Waals surface area contributed by atoms with Crippen molar-refractivity contribution in [1.29, 1.82) is 0 Å². The fourth-order valence-electron chi connectivity index (χ4n) is 5.48. The Hall–Kier alpha value is -3.38. The molecule has 1 aliphatic carbocycles. The number of nitrogens with zero attached hydrogens (tertiary/aromatic N) is 1. The van der Waals surface area contributed by atoms with E-state index in [1.807, 2.05) is 0 Å². The average Bonchev–Trinajstić information content (AvgIpc) is 2.88. The summed E-state index contributed by atoms with van der Waals surface area (Å²) in [6.45, 7) is 1.33. The van der Waals surface area contributed by atoms with E-state index in [-0.39, 0.29) is 35.0 Å². The molecule has 5 rings (SSSR count). The minimum Gasteiger partial charge on any atom is -0.486 e. The number of hydrogen-bond donors (Lipinski definition) is 1. The van der Waals surface area contributed by atoms with Crippen molar-refractivity contribution in [1.82, 2.24) is 0 Å². The first-order valence-electron chi connectivity index (χ1n) is 12.5. The Balaban J connectivity index is 1.56. The van der Waals surface area contributed by atoms with E-state index in [0.717, 1.165) is 28.6 Å². The average molecular weight is 616 g/mol. The van der Waals surface area contributed by atoms with Crippen molar-refractivity contribution in [2.24, 2.45) is 11.3 Å². The van der Waals surface area contributed by atoms with Gasteiger partial charge >= 0.3 is 12.1 Å². The van der Waals surface area contributed by atoms with Gasteiger partial charge < -0.3 is 9.84 Å². The lowest BCUT2D eigenvalue weighted by Crippen LogP contribution is -2.47. The number of carboxylic acid groups (broad SMARTS) is 1. The Kier molecular flexibility index (Phi) is 7.22. The van der Waals surface area contributed by atoms with Crippen LogP contribution in [0.2, 0.25) is 5.02 Å². The van der Waals surface area contributed by atoms with Crippen LogP contribution in [-0.2, 0) is 21.0 Å². The van der Waals surface area contributed by atoms with Crippen LogP contribution in [0.1, 0.15) is 31.7 Å². The standard InChI is InChI=1S/C28H23ClF5NO5S/c1-27(26(36)37)12-15(13-27)7-19-14-35(41(38,39)20-4-2-3-17(9-20)28(32,33)34)23-8-16(5-6-24(23)40-19)21-10-18(30)11-22(31)25(21)29/h2-6,8-11,15,19H,7,12-14H2,1H3,(H,36,37)/t15?,19-,27?/m0/s1. The topological polar surface area (TPSA) is 83.9 Å². The fourth-order valence-corrected chi connectivity index (χ4v) is 7.25. The maximum atomic E-state index is 14.2. The molecule has 2 aliphatic rings. The minimum atomic E-state index is -4.79. The summed E-state index contributed by atoms with van der Waals surface area (Å²) in [7, 11) is -4.60. The second-order valence-corrected chi connectivity index (χ2v) is 12.8. The van der Waals surface area contributed by atoms with Gasteiger partial charge in [-0.15, -0.1) is 0 Å². The van der Waals surface area contributed by atoms with Crippen LogP contribution in [-0.4, -0.2) is 32.1 Å². The van der Waals surface area contributed by atoms with Crippen LogP contribution in [0.3, 0.4) is 0 Å². The van der Waals surface area contributed by atoms with Crippen LogP contribution in [0.25, 0.3) is 11.1 Å². The largest absolute Gasteiger partial charge is 0.486 e. The second-order valence-electron chi connectivity index (χ2n) is 10.6.